The third kappa shape index (κ3) is 3.83. The van der Waals surface area contributed by atoms with E-state index in [1.807, 2.05) is 30.3 Å². The molecule has 0 saturated carbocycles. The lowest BCUT2D eigenvalue weighted by Gasteiger charge is -2.17. The van der Waals surface area contributed by atoms with Crippen LogP contribution in [0.5, 0.6) is 0 Å². The molecule has 0 aliphatic carbocycles. The number of rotatable bonds is 5. The van der Waals surface area contributed by atoms with Crippen LogP contribution in [-0.2, 0) is 6.42 Å². The molecule has 1 heterocycles. The number of aromatic carboxylic acids is 2. The van der Waals surface area contributed by atoms with Gasteiger partial charge >= 0.3 is 11.9 Å². The van der Waals surface area contributed by atoms with Crippen molar-refractivity contribution in [2.24, 2.45) is 0 Å². The van der Waals surface area contributed by atoms with E-state index >= 15 is 0 Å². The fourth-order valence-corrected chi connectivity index (χ4v) is 3.27. The molecule has 2 N–H and O–H groups in total. The first-order valence-corrected chi connectivity index (χ1v) is 8.56. The van der Waals surface area contributed by atoms with Gasteiger partial charge in [0.15, 0.2) is 0 Å². The van der Waals surface area contributed by atoms with Crippen molar-refractivity contribution in [1.29, 1.82) is 0 Å². The summed E-state index contributed by atoms with van der Waals surface area (Å²) >= 11 is 5.95. The van der Waals surface area contributed by atoms with Gasteiger partial charge in [-0.2, -0.15) is 0 Å². The Kier molecular flexibility index (Phi) is 5.23. The first-order chi connectivity index (χ1) is 12.9. The van der Waals surface area contributed by atoms with Crippen molar-refractivity contribution in [2.75, 3.05) is 0 Å². The van der Waals surface area contributed by atoms with Crippen molar-refractivity contribution in [3.63, 3.8) is 0 Å². The Morgan fingerprint density at radius 2 is 1.70 bits per heavy atom. The molecular formula is C21H16ClNO4. The fourth-order valence-electron chi connectivity index (χ4n) is 3.10. The third-order valence-electron chi connectivity index (χ3n) is 4.30. The SMILES string of the molecule is Cc1cc(C(=O)O)c(-c2cccc(Cl)n2)c(C(=O)O)c1Cc1ccccc1. The number of carbonyl (C=O) groups is 2. The number of benzene rings is 2. The van der Waals surface area contributed by atoms with Crippen LogP contribution in [0.4, 0.5) is 0 Å². The highest BCUT2D eigenvalue weighted by Gasteiger charge is 2.26. The first-order valence-electron chi connectivity index (χ1n) is 8.18. The molecule has 0 saturated heterocycles. The molecule has 0 aliphatic heterocycles. The number of nitrogens with zero attached hydrogens (tertiary/aromatic N) is 1. The summed E-state index contributed by atoms with van der Waals surface area (Å²) in [6.07, 6.45) is 0.363. The number of hydrogen-bond donors (Lipinski definition) is 2. The maximum absolute atomic E-state index is 12.2. The summed E-state index contributed by atoms with van der Waals surface area (Å²) in [6.45, 7) is 1.71. The second-order valence-electron chi connectivity index (χ2n) is 6.09. The van der Waals surface area contributed by atoms with Gasteiger partial charge in [-0.05, 0) is 48.2 Å². The molecule has 0 bridgehead atoms. The highest BCUT2D eigenvalue weighted by molar-refractivity contribution is 6.29. The molecule has 0 unspecified atom stereocenters. The van der Waals surface area contributed by atoms with Crippen molar-refractivity contribution >= 4 is 23.5 Å². The molecule has 5 nitrogen and oxygen atoms in total. The monoisotopic (exact) mass is 381 g/mol. The average Bonchev–Trinajstić information content (AvgIpc) is 2.63. The summed E-state index contributed by atoms with van der Waals surface area (Å²) in [4.78, 5) is 28.1. The molecule has 3 rings (SSSR count). The Hall–Kier alpha value is -3.18. The summed E-state index contributed by atoms with van der Waals surface area (Å²) in [6, 6.07) is 15.6. The van der Waals surface area contributed by atoms with E-state index in [2.05, 4.69) is 4.98 Å². The molecule has 3 aromatic rings. The van der Waals surface area contributed by atoms with Gasteiger partial charge in [-0.25, -0.2) is 14.6 Å². The van der Waals surface area contributed by atoms with Crippen LogP contribution >= 0.6 is 11.6 Å². The molecule has 0 fully saturated rings. The Labute approximate surface area is 160 Å². The lowest BCUT2D eigenvalue weighted by molar-refractivity contribution is 0.0695. The Balaban J connectivity index is 2.34. The van der Waals surface area contributed by atoms with Gasteiger partial charge < -0.3 is 10.2 Å². The van der Waals surface area contributed by atoms with Crippen LogP contribution in [-0.4, -0.2) is 27.1 Å². The van der Waals surface area contributed by atoms with Gasteiger partial charge in [0.25, 0.3) is 0 Å². The number of aromatic nitrogens is 1. The first kappa shape index (κ1) is 18.6. The van der Waals surface area contributed by atoms with Crippen LogP contribution in [0.1, 0.15) is 37.4 Å². The van der Waals surface area contributed by atoms with Gasteiger partial charge in [-0.3, -0.25) is 0 Å². The summed E-state index contributed by atoms with van der Waals surface area (Å²) in [5, 5.41) is 19.7. The normalized spacial score (nSPS) is 10.6. The topological polar surface area (TPSA) is 87.5 Å². The van der Waals surface area contributed by atoms with Gasteiger partial charge in [0.1, 0.15) is 5.15 Å². The quantitative estimate of drug-likeness (QED) is 0.625. The molecule has 0 aliphatic rings. The van der Waals surface area contributed by atoms with Gasteiger partial charge in [0.05, 0.1) is 16.8 Å². The van der Waals surface area contributed by atoms with Crippen LogP contribution in [0.3, 0.4) is 0 Å². The highest BCUT2D eigenvalue weighted by Crippen LogP contribution is 2.33. The van der Waals surface area contributed by atoms with Crippen LogP contribution in [0, 0.1) is 6.92 Å². The van der Waals surface area contributed by atoms with E-state index < -0.39 is 11.9 Å². The number of carboxylic acid groups (broad SMARTS) is 2. The number of aryl methyl sites for hydroxylation is 1. The molecule has 136 valence electrons. The largest absolute Gasteiger partial charge is 0.478 e. The van der Waals surface area contributed by atoms with E-state index in [-0.39, 0.29) is 27.5 Å². The third-order valence-corrected chi connectivity index (χ3v) is 4.51. The van der Waals surface area contributed by atoms with E-state index in [4.69, 9.17) is 11.6 Å². The molecular weight excluding hydrogens is 366 g/mol. The molecule has 6 heteroatoms. The number of pyridine rings is 1. The maximum atomic E-state index is 12.2. The number of hydrogen-bond acceptors (Lipinski definition) is 3. The lowest BCUT2D eigenvalue weighted by atomic mass is 9.87. The fraction of sp³-hybridized carbons (Fsp3) is 0.0952. The van der Waals surface area contributed by atoms with Crippen molar-refractivity contribution < 1.29 is 19.8 Å². The summed E-state index contributed by atoms with van der Waals surface area (Å²) in [7, 11) is 0. The molecule has 1 aromatic heterocycles. The Morgan fingerprint density at radius 1 is 1.00 bits per heavy atom. The van der Waals surface area contributed by atoms with Gasteiger partial charge in [-0.1, -0.05) is 48.0 Å². The minimum atomic E-state index is -1.22. The zero-order chi connectivity index (χ0) is 19.6. The smallest absolute Gasteiger partial charge is 0.336 e. The zero-order valence-electron chi connectivity index (χ0n) is 14.4. The van der Waals surface area contributed by atoms with E-state index in [1.54, 1.807) is 25.1 Å². The van der Waals surface area contributed by atoms with Gasteiger partial charge in [-0.15, -0.1) is 0 Å². The number of halogens is 1. The second-order valence-corrected chi connectivity index (χ2v) is 6.48. The van der Waals surface area contributed by atoms with Crippen LogP contribution in [0.25, 0.3) is 11.3 Å². The average molecular weight is 382 g/mol. The predicted molar refractivity (Wildman–Crippen MR) is 103 cm³/mol. The summed E-state index contributed by atoms with van der Waals surface area (Å²) in [5.41, 5.74) is 2.18. The zero-order valence-corrected chi connectivity index (χ0v) is 15.2. The van der Waals surface area contributed by atoms with Crippen molar-refractivity contribution in [3.05, 3.63) is 87.6 Å². The standard InChI is InChI=1S/C21H16ClNO4/c1-12-10-15(20(24)25)18(16-8-5-9-17(22)23-16)19(21(26)27)14(12)11-13-6-3-2-4-7-13/h2-10H,11H2,1H3,(H,24,25)(H,26,27). The molecule has 0 amide bonds. The number of carboxylic acids is 2. The molecule has 0 radical (unpaired) electrons. The van der Waals surface area contributed by atoms with Crippen molar-refractivity contribution in [3.8, 4) is 11.3 Å². The van der Waals surface area contributed by atoms with E-state index in [1.165, 1.54) is 6.07 Å². The molecule has 2 aromatic carbocycles. The van der Waals surface area contributed by atoms with Crippen molar-refractivity contribution in [2.45, 2.75) is 13.3 Å². The second kappa shape index (κ2) is 7.60. The molecule has 0 spiro atoms. The minimum absolute atomic E-state index is 0.0639. The minimum Gasteiger partial charge on any atom is -0.478 e. The molecule has 0 atom stereocenters. The van der Waals surface area contributed by atoms with E-state index in [0.717, 1.165) is 5.56 Å². The Morgan fingerprint density at radius 3 is 2.30 bits per heavy atom. The summed E-state index contributed by atoms with van der Waals surface area (Å²) < 4.78 is 0. The van der Waals surface area contributed by atoms with Crippen LogP contribution in [0.2, 0.25) is 5.15 Å². The van der Waals surface area contributed by atoms with Crippen LogP contribution in [0.15, 0.2) is 54.6 Å². The van der Waals surface area contributed by atoms with Gasteiger partial charge in [0.2, 0.25) is 0 Å². The Bertz CT molecular complexity index is 1030. The van der Waals surface area contributed by atoms with Crippen LogP contribution < -0.4 is 0 Å². The van der Waals surface area contributed by atoms with E-state index in [9.17, 15) is 19.8 Å². The van der Waals surface area contributed by atoms with Crippen molar-refractivity contribution in [1.82, 2.24) is 4.98 Å². The van der Waals surface area contributed by atoms with Gasteiger partial charge in [0, 0.05) is 5.56 Å². The summed E-state index contributed by atoms with van der Waals surface area (Å²) in [5.74, 6) is -2.42. The molecule has 27 heavy (non-hydrogen) atoms. The van der Waals surface area contributed by atoms with E-state index in [0.29, 0.717) is 17.5 Å². The predicted octanol–water partition coefficient (Wildman–Crippen LogP) is 4.70. The lowest BCUT2D eigenvalue weighted by Crippen LogP contribution is -2.13. The highest BCUT2D eigenvalue weighted by atomic mass is 35.5. The maximum Gasteiger partial charge on any atom is 0.336 e.